The van der Waals surface area contributed by atoms with Crippen molar-refractivity contribution in [2.75, 3.05) is 5.73 Å². The van der Waals surface area contributed by atoms with Gasteiger partial charge in [-0.1, -0.05) is 12.1 Å². The van der Waals surface area contributed by atoms with Gasteiger partial charge in [0.15, 0.2) is 11.6 Å². The van der Waals surface area contributed by atoms with Gasteiger partial charge < -0.3 is 10.5 Å². The third kappa shape index (κ3) is 3.65. The standard InChI is InChI=1S/C15H13F4NO/c1-9-5-14(12(16)7-13(9)20)21-8-10-3-2-4-11(6-10)15(17,18)19/h2-7H,8,20H2,1H3. The average Bonchev–Trinajstić information content (AvgIpc) is 2.41. The van der Waals surface area contributed by atoms with E-state index in [0.717, 1.165) is 18.2 Å². The second kappa shape index (κ2) is 5.63. The van der Waals surface area contributed by atoms with Gasteiger partial charge in [0, 0.05) is 11.8 Å². The molecule has 21 heavy (non-hydrogen) atoms. The van der Waals surface area contributed by atoms with Crippen LogP contribution in [0.1, 0.15) is 16.7 Å². The summed E-state index contributed by atoms with van der Waals surface area (Å²) in [6.45, 7) is 1.52. The SMILES string of the molecule is Cc1cc(OCc2cccc(C(F)(F)F)c2)c(F)cc1N. The molecule has 0 bridgehead atoms. The minimum absolute atomic E-state index is 0.0425. The fourth-order valence-corrected chi connectivity index (χ4v) is 1.78. The molecule has 6 heteroatoms. The zero-order valence-electron chi connectivity index (χ0n) is 11.2. The summed E-state index contributed by atoms with van der Waals surface area (Å²) in [5, 5.41) is 0. The number of nitrogens with two attached hydrogens (primary N) is 1. The number of hydrogen-bond donors (Lipinski definition) is 1. The third-order valence-corrected chi connectivity index (χ3v) is 2.97. The Morgan fingerprint density at radius 1 is 1.14 bits per heavy atom. The van der Waals surface area contributed by atoms with Gasteiger partial charge in [-0.2, -0.15) is 13.2 Å². The average molecular weight is 299 g/mol. The Balaban J connectivity index is 2.15. The molecule has 0 radical (unpaired) electrons. The zero-order valence-corrected chi connectivity index (χ0v) is 11.2. The summed E-state index contributed by atoms with van der Waals surface area (Å²) in [4.78, 5) is 0. The maximum Gasteiger partial charge on any atom is 0.416 e. The summed E-state index contributed by atoms with van der Waals surface area (Å²) in [7, 11) is 0. The van der Waals surface area contributed by atoms with Crippen molar-refractivity contribution in [3.05, 3.63) is 58.9 Å². The topological polar surface area (TPSA) is 35.2 Å². The maximum atomic E-state index is 13.6. The third-order valence-electron chi connectivity index (χ3n) is 2.97. The Bertz CT molecular complexity index is 653. The van der Waals surface area contributed by atoms with Crippen molar-refractivity contribution in [2.45, 2.75) is 19.7 Å². The molecular formula is C15H13F4NO. The molecule has 0 aliphatic heterocycles. The summed E-state index contributed by atoms with van der Waals surface area (Å²) in [5.74, 6) is -0.691. The molecule has 2 aromatic rings. The molecule has 112 valence electrons. The van der Waals surface area contributed by atoms with Gasteiger partial charge in [-0.05, 0) is 36.2 Å². The Morgan fingerprint density at radius 2 is 1.86 bits per heavy atom. The number of ether oxygens (including phenoxy) is 1. The van der Waals surface area contributed by atoms with Gasteiger partial charge >= 0.3 is 6.18 Å². The van der Waals surface area contributed by atoms with Crippen LogP contribution in [0.2, 0.25) is 0 Å². The minimum atomic E-state index is -4.42. The molecule has 0 aliphatic rings. The van der Waals surface area contributed by atoms with Crippen molar-refractivity contribution in [1.29, 1.82) is 0 Å². The second-order valence-corrected chi connectivity index (χ2v) is 4.63. The number of rotatable bonds is 3. The lowest BCUT2D eigenvalue weighted by Gasteiger charge is -2.11. The fraction of sp³-hybridized carbons (Fsp3) is 0.200. The Morgan fingerprint density at radius 3 is 2.52 bits per heavy atom. The molecule has 0 spiro atoms. The first-order valence-corrected chi connectivity index (χ1v) is 6.12. The van der Waals surface area contributed by atoms with Gasteiger partial charge in [-0.15, -0.1) is 0 Å². The first-order valence-electron chi connectivity index (χ1n) is 6.12. The molecule has 0 amide bonds. The molecular weight excluding hydrogens is 286 g/mol. The van der Waals surface area contributed by atoms with E-state index >= 15 is 0 Å². The van der Waals surface area contributed by atoms with E-state index in [1.165, 1.54) is 18.2 Å². The molecule has 0 unspecified atom stereocenters. The Kier molecular flexibility index (Phi) is 4.06. The lowest BCUT2D eigenvalue weighted by atomic mass is 10.1. The largest absolute Gasteiger partial charge is 0.486 e. The number of anilines is 1. The van der Waals surface area contributed by atoms with Gasteiger partial charge in [0.2, 0.25) is 0 Å². The first-order chi connectivity index (χ1) is 9.77. The number of benzene rings is 2. The van der Waals surface area contributed by atoms with Gasteiger partial charge in [0.05, 0.1) is 5.56 Å². The van der Waals surface area contributed by atoms with Crippen LogP contribution in [0.3, 0.4) is 0 Å². The molecule has 2 rings (SSSR count). The van der Waals surface area contributed by atoms with E-state index < -0.39 is 17.6 Å². The van der Waals surface area contributed by atoms with E-state index in [0.29, 0.717) is 16.8 Å². The van der Waals surface area contributed by atoms with Crippen LogP contribution in [0.5, 0.6) is 5.75 Å². The maximum absolute atomic E-state index is 13.6. The van der Waals surface area contributed by atoms with Crippen LogP contribution >= 0.6 is 0 Å². The number of aryl methyl sites for hydroxylation is 1. The normalized spacial score (nSPS) is 11.5. The highest BCUT2D eigenvalue weighted by Gasteiger charge is 2.30. The highest BCUT2D eigenvalue weighted by atomic mass is 19.4. The van der Waals surface area contributed by atoms with Crippen LogP contribution in [0.15, 0.2) is 36.4 Å². The van der Waals surface area contributed by atoms with Crippen molar-refractivity contribution >= 4 is 5.69 Å². The highest BCUT2D eigenvalue weighted by Crippen LogP contribution is 2.30. The van der Waals surface area contributed by atoms with Crippen LogP contribution in [0, 0.1) is 12.7 Å². The number of alkyl halides is 3. The lowest BCUT2D eigenvalue weighted by Crippen LogP contribution is -2.06. The van der Waals surface area contributed by atoms with E-state index in [-0.39, 0.29) is 12.4 Å². The van der Waals surface area contributed by atoms with Gasteiger partial charge in [0.1, 0.15) is 6.61 Å². The van der Waals surface area contributed by atoms with Gasteiger partial charge in [0.25, 0.3) is 0 Å². The van der Waals surface area contributed by atoms with Gasteiger partial charge in [-0.25, -0.2) is 4.39 Å². The predicted molar refractivity (Wildman–Crippen MR) is 71.3 cm³/mol. The molecule has 0 fully saturated rings. The van der Waals surface area contributed by atoms with E-state index in [2.05, 4.69) is 0 Å². The van der Waals surface area contributed by atoms with Crippen molar-refractivity contribution in [2.24, 2.45) is 0 Å². The highest BCUT2D eigenvalue weighted by molar-refractivity contribution is 5.50. The molecule has 0 heterocycles. The number of hydrogen-bond acceptors (Lipinski definition) is 2. The monoisotopic (exact) mass is 299 g/mol. The summed E-state index contributed by atoms with van der Waals surface area (Å²) < 4.78 is 56.6. The van der Waals surface area contributed by atoms with Crippen LogP contribution in [-0.2, 0) is 12.8 Å². The molecule has 0 saturated heterocycles. The summed E-state index contributed by atoms with van der Waals surface area (Å²) in [5.41, 5.74) is 6.01. The molecule has 0 atom stereocenters. The van der Waals surface area contributed by atoms with Crippen LogP contribution in [0.25, 0.3) is 0 Å². The zero-order chi connectivity index (χ0) is 15.6. The van der Waals surface area contributed by atoms with Crippen molar-refractivity contribution < 1.29 is 22.3 Å². The number of nitrogen functional groups attached to an aromatic ring is 1. The fourth-order valence-electron chi connectivity index (χ4n) is 1.78. The van der Waals surface area contributed by atoms with Crippen LogP contribution in [0.4, 0.5) is 23.2 Å². The van der Waals surface area contributed by atoms with E-state index in [9.17, 15) is 17.6 Å². The molecule has 2 aromatic carbocycles. The lowest BCUT2D eigenvalue weighted by molar-refractivity contribution is -0.137. The van der Waals surface area contributed by atoms with Crippen LogP contribution in [-0.4, -0.2) is 0 Å². The quantitative estimate of drug-likeness (QED) is 0.677. The molecule has 0 saturated carbocycles. The summed E-state index contributed by atoms with van der Waals surface area (Å²) >= 11 is 0. The van der Waals surface area contributed by atoms with Crippen molar-refractivity contribution in [3.63, 3.8) is 0 Å². The molecule has 0 aliphatic carbocycles. The minimum Gasteiger partial charge on any atom is -0.486 e. The van der Waals surface area contributed by atoms with Crippen LogP contribution < -0.4 is 10.5 Å². The Hall–Kier alpha value is -2.24. The predicted octanol–water partition coefficient (Wildman–Crippen LogP) is 4.31. The number of halogens is 4. The smallest absolute Gasteiger partial charge is 0.416 e. The van der Waals surface area contributed by atoms with E-state index in [1.54, 1.807) is 6.92 Å². The molecule has 2 N–H and O–H groups in total. The second-order valence-electron chi connectivity index (χ2n) is 4.63. The molecule has 0 aromatic heterocycles. The summed E-state index contributed by atoms with van der Waals surface area (Å²) in [6, 6.07) is 7.25. The summed E-state index contributed by atoms with van der Waals surface area (Å²) in [6.07, 6.45) is -4.42. The molecule has 2 nitrogen and oxygen atoms in total. The van der Waals surface area contributed by atoms with E-state index in [4.69, 9.17) is 10.5 Å². The first kappa shape index (κ1) is 15.2. The van der Waals surface area contributed by atoms with Crippen molar-refractivity contribution in [3.8, 4) is 5.75 Å². The van der Waals surface area contributed by atoms with E-state index in [1.807, 2.05) is 0 Å². The van der Waals surface area contributed by atoms with Gasteiger partial charge in [-0.3, -0.25) is 0 Å². The Labute approximate surface area is 119 Å². The van der Waals surface area contributed by atoms with Crippen molar-refractivity contribution in [1.82, 2.24) is 0 Å².